The maximum atomic E-state index is 12.0. The first-order valence-electron chi connectivity index (χ1n) is 10.5. The van der Waals surface area contributed by atoms with Gasteiger partial charge in [0, 0.05) is 28.7 Å². The molecule has 0 aliphatic rings. The molecule has 0 aliphatic heterocycles. The maximum absolute atomic E-state index is 12.0. The van der Waals surface area contributed by atoms with Crippen LogP contribution < -0.4 is 0 Å². The molecule has 6 rings (SSSR count). The minimum atomic E-state index is -0.286. The van der Waals surface area contributed by atoms with Gasteiger partial charge in [-0.25, -0.2) is 0 Å². The minimum Gasteiger partial charge on any atom is -0.316 e. The van der Waals surface area contributed by atoms with Crippen LogP contribution in [0.15, 0.2) is 109 Å². The molecule has 0 spiro atoms. The first-order valence-corrected chi connectivity index (χ1v) is 10.5. The Kier molecular flexibility index (Phi) is 4.05. The van der Waals surface area contributed by atoms with Crippen molar-refractivity contribution in [3.05, 3.63) is 119 Å². The van der Waals surface area contributed by atoms with Gasteiger partial charge in [-0.1, -0.05) is 72.8 Å². The summed E-state index contributed by atoms with van der Waals surface area (Å²) in [5.41, 5.74) is 3.83. The fraction of sp³-hybridized carbons (Fsp3) is 0. The van der Waals surface area contributed by atoms with Gasteiger partial charge in [-0.15, -0.1) is 0 Å². The van der Waals surface area contributed by atoms with Crippen molar-refractivity contribution < 1.29 is 4.92 Å². The van der Waals surface area contributed by atoms with Crippen LogP contribution in [0, 0.1) is 10.1 Å². The van der Waals surface area contributed by atoms with E-state index in [9.17, 15) is 10.1 Å². The Morgan fingerprint density at radius 3 is 2.22 bits per heavy atom. The van der Waals surface area contributed by atoms with Crippen molar-refractivity contribution in [2.75, 3.05) is 0 Å². The summed E-state index contributed by atoms with van der Waals surface area (Å²) in [4.78, 5) is 11.7. The molecule has 1 aromatic heterocycles. The van der Waals surface area contributed by atoms with Crippen LogP contribution in [0.2, 0.25) is 0 Å². The van der Waals surface area contributed by atoms with Gasteiger partial charge in [0.25, 0.3) is 5.69 Å². The molecular formula is C28H18N2O2. The normalized spacial score (nSPS) is 11.4. The Bertz CT molecular complexity index is 1650. The van der Waals surface area contributed by atoms with Gasteiger partial charge in [0.15, 0.2) is 0 Å². The van der Waals surface area contributed by atoms with Crippen LogP contribution in [0.5, 0.6) is 0 Å². The van der Waals surface area contributed by atoms with Gasteiger partial charge >= 0.3 is 0 Å². The number of benzene rings is 5. The second-order valence-corrected chi connectivity index (χ2v) is 7.86. The van der Waals surface area contributed by atoms with E-state index in [1.165, 1.54) is 0 Å². The predicted octanol–water partition coefficient (Wildman–Crippen LogP) is 7.51. The Hall–Kier alpha value is -4.44. The average molecular weight is 414 g/mol. The minimum absolute atomic E-state index is 0.120. The highest BCUT2D eigenvalue weighted by Crippen LogP contribution is 2.41. The summed E-state index contributed by atoms with van der Waals surface area (Å²) in [5.74, 6) is 0. The van der Waals surface area contributed by atoms with E-state index < -0.39 is 0 Å². The molecule has 5 aromatic carbocycles. The molecule has 0 saturated heterocycles. The highest BCUT2D eigenvalue weighted by atomic mass is 16.6. The molecule has 0 radical (unpaired) electrons. The van der Waals surface area contributed by atoms with Gasteiger partial charge in [0.05, 0.1) is 16.0 Å². The lowest BCUT2D eigenvalue weighted by Crippen LogP contribution is -1.95. The number of hydrogen-bond donors (Lipinski definition) is 0. The molecule has 1 heterocycles. The van der Waals surface area contributed by atoms with Gasteiger partial charge in [-0.3, -0.25) is 10.1 Å². The topological polar surface area (TPSA) is 48.1 Å². The third-order valence-corrected chi connectivity index (χ3v) is 6.12. The highest BCUT2D eigenvalue weighted by Gasteiger charge is 2.21. The van der Waals surface area contributed by atoms with E-state index in [2.05, 4.69) is 47.2 Å². The summed E-state index contributed by atoms with van der Waals surface area (Å²) in [6, 6.07) is 33.8. The highest BCUT2D eigenvalue weighted by molar-refractivity contribution is 6.15. The van der Waals surface area contributed by atoms with Crippen LogP contribution in [0.4, 0.5) is 5.69 Å². The van der Waals surface area contributed by atoms with Gasteiger partial charge in [0.1, 0.15) is 0 Å². The third kappa shape index (κ3) is 2.70. The monoisotopic (exact) mass is 414 g/mol. The largest absolute Gasteiger partial charge is 0.316 e. The molecule has 32 heavy (non-hydrogen) atoms. The average Bonchev–Trinajstić information content (AvgIpc) is 3.28. The van der Waals surface area contributed by atoms with Crippen molar-refractivity contribution in [2.45, 2.75) is 0 Å². The number of aromatic nitrogens is 1. The number of fused-ring (bicyclic) bond motifs is 4. The maximum Gasteiger partial charge on any atom is 0.277 e. The second kappa shape index (κ2) is 7.06. The van der Waals surface area contributed by atoms with Crippen molar-refractivity contribution in [1.82, 2.24) is 4.57 Å². The van der Waals surface area contributed by atoms with Crippen LogP contribution >= 0.6 is 0 Å². The molecule has 0 N–H and O–H groups in total. The quantitative estimate of drug-likeness (QED) is 0.222. The van der Waals surface area contributed by atoms with E-state index >= 15 is 0 Å². The Morgan fingerprint density at radius 2 is 1.38 bits per heavy atom. The summed E-state index contributed by atoms with van der Waals surface area (Å²) in [7, 11) is 0. The Morgan fingerprint density at radius 1 is 0.625 bits per heavy atom. The molecule has 6 aromatic rings. The molecule has 0 unspecified atom stereocenters. The molecule has 0 fully saturated rings. The van der Waals surface area contributed by atoms with Gasteiger partial charge in [0.2, 0.25) is 0 Å². The van der Waals surface area contributed by atoms with Gasteiger partial charge < -0.3 is 4.57 Å². The third-order valence-electron chi connectivity index (χ3n) is 6.12. The van der Waals surface area contributed by atoms with Crippen LogP contribution in [-0.2, 0) is 0 Å². The standard InChI is InChI=1S/C28H18N2O2/c31-30(32)26-16-14-19-7-4-5-10-22(19)27(26)24-11-6-12-25-23(24)15-13-20-17-18-29(28(20)25)21-8-2-1-3-9-21/h1-18H. The zero-order chi connectivity index (χ0) is 21.7. The summed E-state index contributed by atoms with van der Waals surface area (Å²) in [5, 5.41) is 17.0. The summed E-state index contributed by atoms with van der Waals surface area (Å²) in [6.07, 6.45) is 2.08. The molecular weight excluding hydrogens is 396 g/mol. The molecule has 4 heteroatoms. The first kappa shape index (κ1) is 18.3. The van der Waals surface area contributed by atoms with Crippen molar-refractivity contribution in [3.63, 3.8) is 0 Å². The first-order chi connectivity index (χ1) is 15.7. The van der Waals surface area contributed by atoms with Crippen LogP contribution in [0.1, 0.15) is 0 Å². The predicted molar refractivity (Wildman–Crippen MR) is 130 cm³/mol. The van der Waals surface area contributed by atoms with E-state index in [1.54, 1.807) is 6.07 Å². The van der Waals surface area contributed by atoms with Crippen LogP contribution in [0.3, 0.4) is 0 Å². The molecule has 0 aliphatic carbocycles. The number of nitro benzene ring substituents is 1. The number of nitrogens with zero attached hydrogens (tertiary/aromatic N) is 2. The zero-order valence-electron chi connectivity index (χ0n) is 17.1. The number of rotatable bonds is 3. The fourth-order valence-corrected chi connectivity index (χ4v) is 4.71. The van der Waals surface area contributed by atoms with E-state index in [4.69, 9.17) is 0 Å². The zero-order valence-corrected chi connectivity index (χ0v) is 17.1. The van der Waals surface area contributed by atoms with E-state index in [0.717, 1.165) is 43.7 Å². The molecule has 0 saturated carbocycles. The lowest BCUT2D eigenvalue weighted by molar-refractivity contribution is -0.384. The van der Waals surface area contributed by atoms with Crippen molar-refractivity contribution >= 4 is 38.1 Å². The molecule has 0 atom stereocenters. The van der Waals surface area contributed by atoms with Gasteiger partial charge in [-0.05, 0) is 46.0 Å². The van der Waals surface area contributed by atoms with Crippen molar-refractivity contribution in [3.8, 4) is 16.8 Å². The van der Waals surface area contributed by atoms with Crippen molar-refractivity contribution in [2.24, 2.45) is 0 Å². The SMILES string of the molecule is O=[N+]([O-])c1ccc2ccccc2c1-c1cccc2c1ccc1ccn(-c3ccccc3)c12. The van der Waals surface area contributed by atoms with Gasteiger partial charge in [-0.2, -0.15) is 0 Å². The van der Waals surface area contributed by atoms with E-state index in [1.807, 2.05) is 60.7 Å². The molecule has 152 valence electrons. The Labute approximate surface area is 184 Å². The number of para-hydroxylation sites is 1. The molecule has 0 bridgehead atoms. The second-order valence-electron chi connectivity index (χ2n) is 7.86. The van der Waals surface area contributed by atoms with Crippen LogP contribution in [-0.4, -0.2) is 9.49 Å². The molecule has 4 nitrogen and oxygen atoms in total. The van der Waals surface area contributed by atoms with Crippen LogP contribution in [0.25, 0.3) is 49.3 Å². The van der Waals surface area contributed by atoms with E-state index in [-0.39, 0.29) is 10.6 Å². The number of hydrogen-bond acceptors (Lipinski definition) is 2. The Balaban J connectivity index is 1.74. The fourth-order valence-electron chi connectivity index (χ4n) is 4.71. The smallest absolute Gasteiger partial charge is 0.277 e. The van der Waals surface area contributed by atoms with E-state index in [0.29, 0.717) is 5.56 Å². The lowest BCUT2D eigenvalue weighted by Gasteiger charge is -2.13. The summed E-state index contributed by atoms with van der Waals surface area (Å²) in [6.45, 7) is 0. The molecule has 0 amide bonds. The number of nitro groups is 1. The lowest BCUT2D eigenvalue weighted by atomic mass is 9.92. The summed E-state index contributed by atoms with van der Waals surface area (Å²) >= 11 is 0. The van der Waals surface area contributed by atoms with Crippen molar-refractivity contribution in [1.29, 1.82) is 0 Å². The summed E-state index contributed by atoms with van der Waals surface area (Å²) < 4.78 is 2.18.